The van der Waals surface area contributed by atoms with Crippen LogP contribution in [-0.4, -0.2) is 11.5 Å². The van der Waals surface area contributed by atoms with Crippen molar-refractivity contribution in [1.29, 1.82) is 0 Å². The Kier molecular flexibility index (Phi) is 5.30. The maximum absolute atomic E-state index is 10.7. The van der Waals surface area contributed by atoms with Crippen LogP contribution in [0.5, 0.6) is 5.75 Å². The fourth-order valence-electron chi connectivity index (χ4n) is 1.89. The lowest BCUT2D eigenvalue weighted by Gasteiger charge is -2.09. The first-order chi connectivity index (χ1) is 10.1. The number of benzene rings is 2. The van der Waals surface area contributed by atoms with Crippen molar-refractivity contribution < 1.29 is 9.66 Å². The average molecular weight is 351 g/mol. The number of nitrogens with zero attached hydrogens (tertiary/aromatic N) is 1. The minimum absolute atomic E-state index is 0.0515. The second-order valence-corrected chi connectivity index (χ2v) is 5.36. The zero-order valence-corrected chi connectivity index (χ0v) is 12.9. The van der Waals surface area contributed by atoms with E-state index in [9.17, 15) is 10.1 Å². The van der Waals surface area contributed by atoms with Crippen LogP contribution < -0.4 is 10.5 Å². The highest BCUT2D eigenvalue weighted by Gasteiger charge is 2.09. The maximum Gasteiger partial charge on any atom is 0.270 e. The van der Waals surface area contributed by atoms with E-state index in [-0.39, 0.29) is 5.69 Å². The van der Waals surface area contributed by atoms with Crippen LogP contribution in [0.3, 0.4) is 0 Å². The lowest BCUT2D eigenvalue weighted by Crippen LogP contribution is -2.03. The van der Waals surface area contributed by atoms with Crippen LogP contribution in [0.1, 0.15) is 11.1 Å². The highest BCUT2D eigenvalue weighted by atomic mass is 79.9. The fourth-order valence-corrected chi connectivity index (χ4v) is 2.37. The second kappa shape index (κ2) is 7.19. The molecule has 0 saturated heterocycles. The van der Waals surface area contributed by atoms with Crippen molar-refractivity contribution in [3.8, 4) is 5.75 Å². The lowest BCUT2D eigenvalue weighted by molar-refractivity contribution is -0.384. The molecule has 0 heterocycles. The smallest absolute Gasteiger partial charge is 0.270 e. The van der Waals surface area contributed by atoms with Gasteiger partial charge in [-0.05, 0) is 36.7 Å². The van der Waals surface area contributed by atoms with Gasteiger partial charge in [-0.2, -0.15) is 0 Å². The molecule has 0 aliphatic heterocycles. The standard InChI is InChI=1S/C15H15BrN2O3/c16-15-9-13(18(19)20)5-4-12(15)10-21-14-3-1-2-11(8-14)6-7-17/h1-5,8-9H,6-7,10,17H2. The molecule has 0 radical (unpaired) electrons. The van der Waals surface area contributed by atoms with Crippen molar-refractivity contribution in [3.63, 3.8) is 0 Å². The van der Waals surface area contributed by atoms with E-state index < -0.39 is 4.92 Å². The third-order valence-electron chi connectivity index (χ3n) is 2.97. The van der Waals surface area contributed by atoms with Gasteiger partial charge in [-0.1, -0.05) is 28.1 Å². The monoisotopic (exact) mass is 350 g/mol. The van der Waals surface area contributed by atoms with Gasteiger partial charge >= 0.3 is 0 Å². The number of halogens is 1. The van der Waals surface area contributed by atoms with E-state index in [4.69, 9.17) is 10.5 Å². The molecule has 0 bridgehead atoms. The van der Waals surface area contributed by atoms with E-state index in [1.54, 1.807) is 6.07 Å². The summed E-state index contributed by atoms with van der Waals surface area (Å²) in [5.41, 5.74) is 7.56. The second-order valence-electron chi connectivity index (χ2n) is 4.51. The van der Waals surface area contributed by atoms with Gasteiger partial charge in [0.15, 0.2) is 0 Å². The zero-order valence-electron chi connectivity index (χ0n) is 11.3. The third kappa shape index (κ3) is 4.27. The molecule has 0 amide bonds. The summed E-state index contributed by atoms with van der Waals surface area (Å²) in [7, 11) is 0. The van der Waals surface area contributed by atoms with Crippen LogP contribution >= 0.6 is 15.9 Å². The molecule has 0 atom stereocenters. The Balaban J connectivity index is 2.06. The van der Waals surface area contributed by atoms with Gasteiger partial charge in [-0.25, -0.2) is 0 Å². The van der Waals surface area contributed by atoms with Crippen LogP contribution in [0.2, 0.25) is 0 Å². The molecule has 0 aliphatic rings. The van der Waals surface area contributed by atoms with Gasteiger partial charge in [0.1, 0.15) is 12.4 Å². The van der Waals surface area contributed by atoms with Gasteiger partial charge < -0.3 is 10.5 Å². The van der Waals surface area contributed by atoms with E-state index in [2.05, 4.69) is 15.9 Å². The van der Waals surface area contributed by atoms with Crippen LogP contribution in [0.15, 0.2) is 46.9 Å². The van der Waals surface area contributed by atoms with Crippen LogP contribution in [0.4, 0.5) is 5.69 Å². The summed E-state index contributed by atoms with van der Waals surface area (Å²) in [6.45, 7) is 0.933. The first kappa shape index (κ1) is 15.5. The van der Waals surface area contributed by atoms with E-state index in [1.807, 2.05) is 24.3 Å². The molecule has 5 nitrogen and oxygen atoms in total. The van der Waals surface area contributed by atoms with E-state index in [1.165, 1.54) is 12.1 Å². The Morgan fingerprint density at radius 2 is 2.05 bits per heavy atom. The van der Waals surface area contributed by atoms with Crippen LogP contribution in [0, 0.1) is 10.1 Å². The molecule has 0 unspecified atom stereocenters. The molecule has 0 spiro atoms. The summed E-state index contributed by atoms with van der Waals surface area (Å²) in [5.74, 6) is 0.756. The SMILES string of the molecule is NCCc1cccc(OCc2ccc([N+](=O)[O-])cc2Br)c1. The Labute approximate surface area is 131 Å². The van der Waals surface area contributed by atoms with Gasteiger partial charge in [-0.3, -0.25) is 10.1 Å². The maximum atomic E-state index is 10.7. The van der Waals surface area contributed by atoms with Gasteiger partial charge in [0.05, 0.1) is 4.92 Å². The van der Waals surface area contributed by atoms with E-state index in [0.717, 1.165) is 23.3 Å². The van der Waals surface area contributed by atoms with Gasteiger partial charge in [0.2, 0.25) is 0 Å². The number of non-ortho nitro benzene ring substituents is 1. The number of rotatable bonds is 6. The first-order valence-electron chi connectivity index (χ1n) is 6.45. The fraction of sp³-hybridized carbons (Fsp3) is 0.200. The predicted molar refractivity (Wildman–Crippen MR) is 84.3 cm³/mol. The number of hydrogen-bond acceptors (Lipinski definition) is 4. The molecule has 2 aromatic rings. The largest absolute Gasteiger partial charge is 0.489 e. The molecule has 0 fully saturated rings. The summed E-state index contributed by atoms with van der Waals surface area (Å²) in [6.07, 6.45) is 0.804. The van der Waals surface area contributed by atoms with Crippen molar-refractivity contribution in [2.75, 3.05) is 6.54 Å². The van der Waals surface area contributed by atoms with Crippen molar-refractivity contribution in [2.24, 2.45) is 5.73 Å². The van der Waals surface area contributed by atoms with Crippen LogP contribution in [0.25, 0.3) is 0 Å². The molecule has 21 heavy (non-hydrogen) atoms. The molecule has 0 aliphatic carbocycles. The number of hydrogen-bond donors (Lipinski definition) is 1. The van der Waals surface area contributed by atoms with Crippen molar-refractivity contribution in [2.45, 2.75) is 13.0 Å². The molecule has 0 aromatic heterocycles. The highest BCUT2D eigenvalue weighted by Crippen LogP contribution is 2.24. The topological polar surface area (TPSA) is 78.4 Å². The number of nitrogens with two attached hydrogens (primary N) is 1. The molecule has 2 N–H and O–H groups in total. The first-order valence-corrected chi connectivity index (χ1v) is 7.24. The summed E-state index contributed by atoms with van der Waals surface area (Å²) < 4.78 is 6.38. The number of nitro benzene ring substituents is 1. The number of nitro groups is 1. The predicted octanol–water partition coefficient (Wildman–Crippen LogP) is 3.44. The Bertz CT molecular complexity index is 647. The van der Waals surface area contributed by atoms with E-state index >= 15 is 0 Å². The minimum atomic E-state index is -0.425. The van der Waals surface area contributed by atoms with Crippen molar-refractivity contribution in [3.05, 3.63) is 68.2 Å². The number of ether oxygens (including phenoxy) is 1. The summed E-state index contributed by atoms with van der Waals surface area (Å²) >= 11 is 3.33. The summed E-state index contributed by atoms with van der Waals surface area (Å²) in [6, 6.07) is 12.4. The lowest BCUT2D eigenvalue weighted by atomic mass is 10.1. The Morgan fingerprint density at radius 1 is 1.24 bits per heavy atom. The van der Waals surface area contributed by atoms with Crippen LogP contribution in [-0.2, 0) is 13.0 Å². The molecule has 2 rings (SSSR count). The molecule has 6 heteroatoms. The van der Waals surface area contributed by atoms with Gasteiger partial charge in [0, 0.05) is 22.2 Å². The van der Waals surface area contributed by atoms with Crippen molar-refractivity contribution in [1.82, 2.24) is 0 Å². The molecule has 2 aromatic carbocycles. The van der Waals surface area contributed by atoms with Gasteiger partial charge in [-0.15, -0.1) is 0 Å². The Morgan fingerprint density at radius 3 is 2.71 bits per heavy atom. The molecular weight excluding hydrogens is 336 g/mol. The minimum Gasteiger partial charge on any atom is -0.489 e. The van der Waals surface area contributed by atoms with E-state index in [0.29, 0.717) is 17.6 Å². The summed E-state index contributed by atoms with van der Waals surface area (Å²) in [5, 5.41) is 10.7. The molecular formula is C15H15BrN2O3. The average Bonchev–Trinajstić information content (AvgIpc) is 2.46. The highest BCUT2D eigenvalue weighted by molar-refractivity contribution is 9.10. The zero-order chi connectivity index (χ0) is 15.2. The molecule has 0 saturated carbocycles. The van der Waals surface area contributed by atoms with Gasteiger partial charge in [0.25, 0.3) is 5.69 Å². The van der Waals surface area contributed by atoms with Crippen molar-refractivity contribution >= 4 is 21.6 Å². The quantitative estimate of drug-likeness (QED) is 0.639. The normalized spacial score (nSPS) is 10.4. The third-order valence-corrected chi connectivity index (χ3v) is 3.71. The summed E-state index contributed by atoms with van der Waals surface area (Å²) in [4.78, 5) is 10.3. The molecule has 110 valence electrons. The Hall–Kier alpha value is -1.92.